The number of hydrogen-bond acceptors (Lipinski definition) is 5. The molecule has 3 rings (SSSR count). The number of aromatic carboxylic acids is 1. The molecule has 156 valence electrons. The van der Waals surface area contributed by atoms with Crippen LogP contribution < -0.4 is 14.8 Å². The Morgan fingerprint density at radius 3 is 2.23 bits per heavy atom. The number of benzene rings is 2. The Bertz CT molecular complexity index is 1130. The van der Waals surface area contributed by atoms with Crippen molar-refractivity contribution in [1.82, 2.24) is 0 Å². The Kier molecular flexibility index (Phi) is 5.97. The summed E-state index contributed by atoms with van der Waals surface area (Å²) in [5, 5.41) is 13.1. The Labute approximate surface area is 172 Å². The van der Waals surface area contributed by atoms with Crippen LogP contribution in [0, 0.1) is 17.5 Å². The molecule has 1 amide bonds. The van der Waals surface area contributed by atoms with Crippen molar-refractivity contribution in [2.75, 3.05) is 19.5 Å². The molecule has 0 radical (unpaired) electrons. The van der Waals surface area contributed by atoms with Gasteiger partial charge in [0, 0.05) is 17.0 Å². The van der Waals surface area contributed by atoms with Crippen molar-refractivity contribution >= 4 is 28.2 Å². The molecule has 2 aromatic carbocycles. The fraction of sp³-hybridized carbons (Fsp3) is 0.100. The summed E-state index contributed by atoms with van der Waals surface area (Å²) in [5.41, 5.74) is -0.650. The van der Waals surface area contributed by atoms with Crippen LogP contribution in [0.3, 0.4) is 0 Å². The first-order chi connectivity index (χ1) is 14.3. The molecule has 10 heteroatoms. The predicted molar refractivity (Wildman–Crippen MR) is 104 cm³/mol. The van der Waals surface area contributed by atoms with Crippen molar-refractivity contribution in [3.05, 3.63) is 64.3 Å². The van der Waals surface area contributed by atoms with Crippen LogP contribution in [0.5, 0.6) is 11.5 Å². The van der Waals surface area contributed by atoms with Gasteiger partial charge in [-0.05, 0) is 17.7 Å². The maximum Gasteiger partial charge on any atom is 0.339 e. The van der Waals surface area contributed by atoms with Gasteiger partial charge in [-0.2, -0.15) is 4.39 Å². The standard InChI is InChI=1S/C20H14F3NO5S/c1-28-10-5-3-9(4-6-10)11-8-30-19(14(11)20(26)27)24-18(25)15-12(21)7-13(29-2)16(22)17(15)23/h3-8H,1-2H3,(H,24,25)(H,26,27). The number of rotatable bonds is 6. The van der Waals surface area contributed by atoms with E-state index in [1.54, 1.807) is 24.3 Å². The molecule has 0 saturated heterocycles. The van der Waals surface area contributed by atoms with Gasteiger partial charge in [0.1, 0.15) is 27.7 Å². The molecule has 0 spiro atoms. The Hall–Kier alpha value is -3.53. The number of anilines is 1. The molecule has 0 bridgehead atoms. The second-order valence-electron chi connectivity index (χ2n) is 5.90. The Balaban J connectivity index is 2.00. The summed E-state index contributed by atoms with van der Waals surface area (Å²) in [6.45, 7) is 0. The zero-order valence-corrected chi connectivity index (χ0v) is 16.4. The van der Waals surface area contributed by atoms with Gasteiger partial charge in [-0.1, -0.05) is 12.1 Å². The van der Waals surface area contributed by atoms with E-state index in [1.807, 2.05) is 0 Å². The van der Waals surface area contributed by atoms with Crippen LogP contribution in [0.2, 0.25) is 0 Å². The number of carbonyl (C=O) groups is 2. The van der Waals surface area contributed by atoms with Crippen LogP contribution in [-0.4, -0.2) is 31.2 Å². The molecule has 0 fully saturated rings. The molecule has 3 aromatic rings. The van der Waals surface area contributed by atoms with Gasteiger partial charge >= 0.3 is 5.97 Å². The van der Waals surface area contributed by atoms with Crippen LogP contribution in [0.1, 0.15) is 20.7 Å². The van der Waals surface area contributed by atoms with Crippen molar-refractivity contribution in [3.8, 4) is 22.6 Å². The van der Waals surface area contributed by atoms with E-state index < -0.39 is 40.6 Å². The van der Waals surface area contributed by atoms with Crippen molar-refractivity contribution in [2.24, 2.45) is 0 Å². The zero-order chi connectivity index (χ0) is 22.0. The first-order valence-corrected chi connectivity index (χ1v) is 9.18. The molecule has 0 unspecified atom stereocenters. The first kappa shape index (κ1) is 21.2. The van der Waals surface area contributed by atoms with Gasteiger partial charge in [0.05, 0.1) is 14.2 Å². The number of hydrogen-bond donors (Lipinski definition) is 2. The summed E-state index contributed by atoms with van der Waals surface area (Å²) in [6.07, 6.45) is 0. The van der Waals surface area contributed by atoms with Gasteiger partial charge in [0.25, 0.3) is 5.91 Å². The van der Waals surface area contributed by atoms with E-state index in [0.29, 0.717) is 17.4 Å². The van der Waals surface area contributed by atoms with Gasteiger partial charge in [-0.15, -0.1) is 11.3 Å². The lowest BCUT2D eigenvalue weighted by atomic mass is 10.0. The van der Waals surface area contributed by atoms with E-state index in [4.69, 9.17) is 4.74 Å². The monoisotopic (exact) mass is 437 g/mol. The van der Waals surface area contributed by atoms with Crippen LogP contribution in [0.25, 0.3) is 11.1 Å². The van der Waals surface area contributed by atoms with Gasteiger partial charge in [0.2, 0.25) is 5.82 Å². The SMILES string of the molecule is COc1ccc(-c2csc(NC(=O)c3c(F)cc(OC)c(F)c3F)c2C(=O)O)cc1. The fourth-order valence-electron chi connectivity index (χ4n) is 2.74. The molecule has 0 aliphatic rings. The average molecular weight is 437 g/mol. The molecule has 0 aliphatic heterocycles. The van der Waals surface area contributed by atoms with E-state index in [1.165, 1.54) is 12.5 Å². The maximum atomic E-state index is 14.2. The lowest BCUT2D eigenvalue weighted by molar-refractivity contribution is 0.0699. The fourth-order valence-corrected chi connectivity index (χ4v) is 3.70. The molecule has 0 saturated carbocycles. The third-order valence-electron chi connectivity index (χ3n) is 4.21. The van der Waals surface area contributed by atoms with Gasteiger partial charge in [-0.25, -0.2) is 13.6 Å². The molecule has 30 heavy (non-hydrogen) atoms. The number of carboxylic acid groups (broad SMARTS) is 1. The van der Waals surface area contributed by atoms with Crippen molar-refractivity contribution in [1.29, 1.82) is 0 Å². The van der Waals surface area contributed by atoms with Gasteiger partial charge in [-0.3, -0.25) is 4.79 Å². The number of thiophene rings is 1. The Morgan fingerprint density at radius 2 is 1.67 bits per heavy atom. The second-order valence-corrected chi connectivity index (χ2v) is 6.78. The van der Waals surface area contributed by atoms with Crippen molar-refractivity contribution in [3.63, 3.8) is 0 Å². The minimum atomic E-state index is -1.74. The van der Waals surface area contributed by atoms with E-state index in [9.17, 15) is 27.9 Å². The zero-order valence-electron chi connectivity index (χ0n) is 15.6. The lowest BCUT2D eigenvalue weighted by Gasteiger charge is -2.10. The number of halogens is 3. The number of nitrogens with one attached hydrogen (secondary N) is 1. The van der Waals surface area contributed by atoms with Crippen molar-refractivity contribution < 1.29 is 37.3 Å². The summed E-state index contributed by atoms with van der Waals surface area (Å²) in [7, 11) is 2.50. The van der Waals surface area contributed by atoms with E-state index >= 15 is 0 Å². The highest BCUT2D eigenvalue weighted by Gasteiger charge is 2.27. The normalized spacial score (nSPS) is 10.6. The van der Waals surface area contributed by atoms with Crippen LogP contribution in [0.15, 0.2) is 35.7 Å². The number of carbonyl (C=O) groups excluding carboxylic acids is 1. The third kappa shape index (κ3) is 3.81. The van der Waals surface area contributed by atoms with Crippen molar-refractivity contribution in [2.45, 2.75) is 0 Å². The highest BCUT2D eigenvalue weighted by molar-refractivity contribution is 7.15. The van der Waals surface area contributed by atoms with Gasteiger partial charge < -0.3 is 19.9 Å². The maximum absolute atomic E-state index is 14.2. The van der Waals surface area contributed by atoms with E-state index in [0.717, 1.165) is 18.4 Å². The number of methoxy groups -OCH3 is 2. The summed E-state index contributed by atoms with van der Waals surface area (Å²) >= 11 is 0.848. The summed E-state index contributed by atoms with van der Waals surface area (Å²) in [4.78, 5) is 24.2. The highest BCUT2D eigenvalue weighted by atomic mass is 32.1. The molecule has 1 heterocycles. The van der Waals surface area contributed by atoms with Crippen LogP contribution in [-0.2, 0) is 0 Å². The quantitative estimate of drug-likeness (QED) is 0.541. The summed E-state index contributed by atoms with van der Waals surface area (Å²) in [5.74, 6) is -7.47. The highest BCUT2D eigenvalue weighted by Crippen LogP contribution is 2.37. The lowest BCUT2D eigenvalue weighted by Crippen LogP contribution is -2.18. The van der Waals surface area contributed by atoms with E-state index in [2.05, 4.69) is 10.1 Å². The third-order valence-corrected chi connectivity index (χ3v) is 5.10. The number of carboxylic acids is 1. The predicted octanol–water partition coefficient (Wildman–Crippen LogP) is 4.80. The molecule has 6 nitrogen and oxygen atoms in total. The molecule has 0 aliphatic carbocycles. The number of amides is 1. The topological polar surface area (TPSA) is 84.9 Å². The smallest absolute Gasteiger partial charge is 0.339 e. The molecule has 1 aromatic heterocycles. The van der Waals surface area contributed by atoms with Gasteiger partial charge in [0.15, 0.2) is 11.6 Å². The number of ether oxygens (including phenoxy) is 2. The van der Waals surface area contributed by atoms with E-state index in [-0.39, 0.29) is 16.1 Å². The minimum absolute atomic E-state index is 0.159. The molecule has 0 atom stereocenters. The molecular weight excluding hydrogens is 423 g/mol. The summed E-state index contributed by atoms with van der Waals surface area (Å²) < 4.78 is 51.8. The second kappa shape index (κ2) is 8.46. The van der Waals surface area contributed by atoms with Crippen LogP contribution >= 0.6 is 11.3 Å². The van der Waals surface area contributed by atoms with Crippen LogP contribution in [0.4, 0.5) is 18.2 Å². The summed E-state index contributed by atoms with van der Waals surface area (Å²) in [6, 6.07) is 7.03. The largest absolute Gasteiger partial charge is 0.497 e. The molecule has 2 N–H and O–H groups in total. The average Bonchev–Trinajstić information content (AvgIpc) is 3.14. The molecular formula is C20H14F3NO5S. The first-order valence-electron chi connectivity index (χ1n) is 8.30. The minimum Gasteiger partial charge on any atom is -0.497 e. The Morgan fingerprint density at radius 1 is 1.00 bits per heavy atom.